The summed E-state index contributed by atoms with van der Waals surface area (Å²) in [7, 11) is 1.60. The molecule has 0 spiro atoms. The predicted molar refractivity (Wildman–Crippen MR) is 94.2 cm³/mol. The maximum Gasteiger partial charge on any atom is 0.221 e. The van der Waals surface area contributed by atoms with Gasteiger partial charge in [0, 0.05) is 31.2 Å². The molecule has 0 saturated heterocycles. The molecule has 2 rings (SSSR count). The highest BCUT2D eigenvalue weighted by atomic mass is 32.2. The van der Waals surface area contributed by atoms with E-state index in [4.69, 9.17) is 4.74 Å². The van der Waals surface area contributed by atoms with Crippen molar-refractivity contribution in [1.29, 1.82) is 0 Å². The van der Waals surface area contributed by atoms with Crippen molar-refractivity contribution in [1.82, 2.24) is 10.3 Å². The number of carbonyl (C=O) groups is 1. The van der Waals surface area contributed by atoms with Crippen molar-refractivity contribution in [2.75, 3.05) is 19.5 Å². The van der Waals surface area contributed by atoms with Gasteiger partial charge >= 0.3 is 0 Å². The molecular formula is C18H21FN2O2S. The number of carbonyl (C=O) groups excluding carboxylic acids is 1. The third-order valence-corrected chi connectivity index (χ3v) is 4.40. The van der Waals surface area contributed by atoms with Crippen LogP contribution in [-0.2, 0) is 15.3 Å². The molecule has 0 aliphatic carbocycles. The van der Waals surface area contributed by atoms with Gasteiger partial charge in [0.2, 0.25) is 5.91 Å². The van der Waals surface area contributed by atoms with Crippen LogP contribution in [0.15, 0.2) is 48.7 Å². The lowest BCUT2D eigenvalue weighted by Gasteiger charge is -2.17. The third-order valence-electron chi connectivity index (χ3n) is 3.37. The molecule has 1 N–H and O–H groups in total. The number of rotatable bonds is 9. The molecule has 24 heavy (non-hydrogen) atoms. The quantitative estimate of drug-likeness (QED) is 0.706. The van der Waals surface area contributed by atoms with E-state index in [1.54, 1.807) is 37.2 Å². The first kappa shape index (κ1) is 18.4. The van der Waals surface area contributed by atoms with Crippen LogP contribution in [0.25, 0.3) is 0 Å². The lowest BCUT2D eigenvalue weighted by molar-refractivity contribution is -0.121. The Hall–Kier alpha value is -1.92. The largest absolute Gasteiger partial charge is 0.382 e. The van der Waals surface area contributed by atoms with E-state index in [1.165, 1.54) is 12.1 Å². The molecule has 0 bridgehead atoms. The Balaban J connectivity index is 1.74. The van der Waals surface area contributed by atoms with Crippen LogP contribution in [0.3, 0.4) is 0 Å². The van der Waals surface area contributed by atoms with Gasteiger partial charge < -0.3 is 10.1 Å². The summed E-state index contributed by atoms with van der Waals surface area (Å²) < 4.78 is 18.0. The van der Waals surface area contributed by atoms with E-state index in [2.05, 4.69) is 10.3 Å². The van der Waals surface area contributed by atoms with Crippen molar-refractivity contribution in [2.24, 2.45) is 0 Å². The van der Waals surface area contributed by atoms with Gasteiger partial charge in [-0.1, -0.05) is 18.2 Å². The van der Waals surface area contributed by atoms with E-state index < -0.39 is 0 Å². The molecule has 1 atom stereocenters. The van der Waals surface area contributed by atoms with Gasteiger partial charge in [-0.2, -0.15) is 11.8 Å². The van der Waals surface area contributed by atoms with Crippen LogP contribution < -0.4 is 5.32 Å². The minimum Gasteiger partial charge on any atom is -0.382 e. The summed E-state index contributed by atoms with van der Waals surface area (Å²) in [4.78, 5) is 16.4. The van der Waals surface area contributed by atoms with Gasteiger partial charge in [0.25, 0.3) is 0 Å². The highest BCUT2D eigenvalue weighted by molar-refractivity contribution is 7.98. The molecule has 1 aromatic heterocycles. The number of thioether (sulfide) groups is 1. The summed E-state index contributed by atoms with van der Waals surface area (Å²) in [5, 5.41) is 2.95. The molecule has 0 aliphatic rings. The molecule has 4 nitrogen and oxygen atoms in total. The first-order chi connectivity index (χ1) is 11.7. The Kier molecular flexibility index (Phi) is 7.71. The first-order valence-corrected chi connectivity index (χ1v) is 8.86. The highest BCUT2D eigenvalue weighted by Crippen LogP contribution is 2.15. The monoisotopic (exact) mass is 348 g/mol. The maximum atomic E-state index is 12.8. The maximum absolute atomic E-state index is 12.8. The number of nitrogens with one attached hydrogen (secondary N) is 1. The molecule has 0 aliphatic heterocycles. The molecule has 1 aromatic carbocycles. The number of ether oxygens (including phenoxy) is 1. The van der Waals surface area contributed by atoms with Crippen LogP contribution in [0.2, 0.25) is 0 Å². The number of halogens is 1. The minimum absolute atomic E-state index is 0.0330. The molecule has 0 fully saturated rings. The summed E-state index contributed by atoms with van der Waals surface area (Å²) in [6.07, 6.45) is 2.11. The fraction of sp³-hybridized carbons (Fsp3) is 0.333. The SMILES string of the molecule is COC[C@H](NC(=O)CCSCc1ccc(F)cc1)c1ccccn1. The molecule has 128 valence electrons. The van der Waals surface area contributed by atoms with Crippen LogP contribution in [0.1, 0.15) is 23.7 Å². The van der Waals surface area contributed by atoms with Gasteiger partial charge in [-0.3, -0.25) is 9.78 Å². The third kappa shape index (κ3) is 6.29. The van der Waals surface area contributed by atoms with Crippen molar-refractivity contribution in [3.8, 4) is 0 Å². The average molecular weight is 348 g/mol. The number of pyridine rings is 1. The molecule has 0 unspecified atom stereocenters. The summed E-state index contributed by atoms with van der Waals surface area (Å²) in [5.74, 6) is 1.19. The zero-order valence-electron chi connectivity index (χ0n) is 13.6. The van der Waals surface area contributed by atoms with Gasteiger partial charge in [-0.25, -0.2) is 4.39 Å². The van der Waals surface area contributed by atoms with Gasteiger partial charge in [0.1, 0.15) is 5.82 Å². The lowest BCUT2D eigenvalue weighted by Crippen LogP contribution is -2.32. The minimum atomic E-state index is -0.245. The van der Waals surface area contributed by atoms with Gasteiger partial charge in [0.05, 0.1) is 18.3 Å². The molecular weight excluding hydrogens is 327 g/mol. The fourth-order valence-electron chi connectivity index (χ4n) is 2.15. The molecule has 1 heterocycles. The summed E-state index contributed by atoms with van der Waals surface area (Å²) in [6, 6.07) is 11.8. The standard InChI is InChI=1S/C18H21FN2O2S/c1-23-12-17(16-4-2-3-10-20-16)21-18(22)9-11-24-13-14-5-7-15(19)8-6-14/h2-8,10,17H,9,11-13H2,1H3,(H,21,22)/t17-/m0/s1. The first-order valence-electron chi connectivity index (χ1n) is 7.70. The Morgan fingerprint density at radius 2 is 2.08 bits per heavy atom. The number of aromatic nitrogens is 1. The van der Waals surface area contributed by atoms with E-state index in [0.29, 0.717) is 18.8 Å². The van der Waals surface area contributed by atoms with Crippen LogP contribution in [0, 0.1) is 5.82 Å². The smallest absolute Gasteiger partial charge is 0.221 e. The van der Waals surface area contributed by atoms with Crippen LogP contribution in [0.5, 0.6) is 0 Å². The summed E-state index contributed by atoms with van der Waals surface area (Å²) in [5.41, 5.74) is 1.83. The highest BCUT2D eigenvalue weighted by Gasteiger charge is 2.15. The molecule has 0 radical (unpaired) electrons. The lowest BCUT2D eigenvalue weighted by atomic mass is 10.2. The number of hydrogen-bond acceptors (Lipinski definition) is 4. The Labute approximate surface area is 145 Å². The second kappa shape index (κ2) is 10.1. The van der Waals surface area contributed by atoms with Gasteiger partial charge in [-0.15, -0.1) is 0 Å². The predicted octanol–water partition coefficient (Wildman–Crippen LogP) is 3.35. The van der Waals surface area contributed by atoms with Crippen LogP contribution in [0.4, 0.5) is 4.39 Å². The molecule has 1 amide bonds. The Morgan fingerprint density at radius 1 is 1.29 bits per heavy atom. The normalized spacial score (nSPS) is 11.9. The number of hydrogen-bond donors (Lipinski definition) is 1. The summed E-state index contributed by atoms with van der Waals surface area (Å²) in [6.45, 7) is 0.380. The van der Waals surface area contributed by atoms with Crippen molar-refractivity contribution < 1.29 is 13.9 Å². The van der Waals surface area contributed by atoms with Crippen molar-refractivity contribution in [3.05, 3.63) is 65.7 Å². The van der Waals surface area contributed by atoms with Crippen molar-refractivity contribution >= 4 is 17.7 Å². The van der Waals surface area contributed by atoms with E-state index in [-0.39, 0.29) is 17.8 Å². The number of nitrogens with zero attached hydrogens (tertiary/aromatic N) is 1. The second-order valence-corrected chi connectivity index (χ2v) is 6.36. The topological polar surface area (TPSA) is 51.2 Å². The van der Waals surface area contributed by atoms with Gasteiger partial charge in [-0.05, 0) is 29.8 Å². The zero-order chi connectivity index (χ0) is 17.2. The number of methoxy groups -OCH3 is 1. The second-order valence-electron chi connectivity index (χ2n) is 5.26. The number of amides is 1. The Morgan fingerprint density at radius 3 is 2.75 bits per heavy atom. The number of benzene rings is 1. The van der Waals surface area contributed by atoms with E-state index in [0.717, 1.165) is 17.0 Å². The zero-order valence-corrected chi connectivity index (χ0v) is 14.4. The van der Waals surface area contributed by atoms with Crippen LogP contribution in [-0.4, -0.2) is 30.4 Å². The van der Waals surface area contributed by atoms with Crippen LogP contribution >= 0.6 is 11.8 Å². The Bertz CT molecular complexity index is 623. The molecule has 2 aromatic rings. The van der Waals surface area contributed by atoms with E-state index in [9.17, 15) is 9.18 Å². The van der Waals surface area contributed by atoms with Gasteiger partial charge in [0.15, 0.2) is 0 Å². The van der Waals surface area contributed by atoms with Crippen molar-refractivity contribution in [2.45, 2.75) is 18.2 Å². The average Bonchev–Trinajstić information content (AvgIpc) is 2.61. The van der Waals surface area contributed by atoms with E-state index in [1.807, 2.05) is 18.2 Å². The summed E-state index contributed by atoms with van der Waals surface area (Å²) >= 11 is 1.65. The molecule has 0 saturated carbocycles. The molecule has 6 heteroatoms. The fourth-order valence-corrected chi connectivity index (χ4v) is 3.05. The van der Waals surface area contributed by atoms with Crippen molar-refractivity contribution in [3.63, 3.8) is 0 Å². The van der Waals surface area contributed by atoms with E-state index >= 15 is 0 Å².